The van der Waals surface area contributed by atoms with Crippen LogP contribution in [0.2, 0.25) is 0 Å². The van der Waals surface area contributed by atoms with Crippen LogP contribution >= 0.6 is 0 Å². The average Bonchev–Trinajstić information content (AvgIpc) is 3.39. The summed E-state index contributed by atoms with van der Waals surface area (Å²) in [7, 11) is 1.88. The fraction of sp³-hybridized carbons (Fsp3) is 0.895. The van der Waals surface area contributed by atoms with Crippen LogP contribution in [0.1, 0.15) is 45.4 Å². The molecule has 1 aliphatic carbocycles. The van der Waals surface area contributed by atoms with Gasteiger partial charge in [-0.2, -0.15) is 0 Å². The molecule has 3 aliphatic rings. The Morgan fingerprint density at radius 1 is 1.04 bits per heavy atom. The number of aliphatic imine (C=N–C) groups is 1. The Balaban J connectivity index is 1.39. The number of carbonyl (C=O) groups excluding carboxylic acids is 1. The van der Waals surface area contributed by atoms with E-state index in [2.05, 4.69) is 31.9 Å². The number of rotatable bonds is 5. The van der Waals surface area contributed by atoms with Crippen LogP contribution in [0.5, 0.6) is 0 Å². The number of carbonyl (C=O) groups is 1. The van der Waals surface area contributed by atoms with Crippen molar-refractivity contribution in [2.45, 2.75) is 51.5 Å². The maximum atomic E-state index is 12.4. The molecular weight excluding hydrogens is 314 g/mol. The Morgan fingerprint density at radius 2 is 1.76 bits per heavy atom. The lowest BCUT2D eigenvalue weighted by Crippen LogP contribution is -2.54. The van der Waals surface area contributed by atoms with Crippen LogP contribution < -0.4 is 5.32 Å². The maximum absolute atomic E-state index is 12.4. The van der Waals surface area contributed by atoms with Crippen molar-refractivity contribution in [3.05, 3.63) is 0 Å². The Bertz CT molecular complexity index is 466. The maximum Gasteiger partial charge on any atom is 0.236 e. The van der Waals surface area contributed by atoms with Crippen molar-refractivity contribution in [2.75, 3.05) is 52.9 Å². The van der Waals surface area contributed by atoms with Crippen molar-refractivity contribution < 1.29 is 4.79 Å². The first-order valence-electron chi connectivity index (χ1n) is 10.2. The van der Waals surface area contributed by atoms with Gasteiger partial charge in [-0.15, -0.1) is 0 Å². The van der Waals surface area contributed by atoms with E-state index in [0.29, 0.717) is 18.5 Å². The highest BCUT2D eigenvalue weighted by atomic mass is 16.2. The summed E-state index contributed by atoms with van der Waals surface area (Å²) in [6, 6.07) is 0.623. The minimum Gasteiger partial charge on any atom is -0.353 e. The minimum atomic E-state index is 0.316. The van der Waals surface area contributed by atoms with E-state index in [1.165, 1.54) is 38.5 Å². The van der Waals surface area contributed by atoms with Crippen molar-refractivity contribution in [1.29, 1.82) is 0 Å². The van der Waals surface area contributed by atoms with E-state index in [-0.39, 0.29) is 0 Å². The number of piperidine rings is 1. The van der Waals surface area contributed by atoms with E-state index in [1.54, 1.807) is 0 Å². The zero-order valence-corrected chi connectivity index (χ0v) is 16.0. The first kappa shape index (κ1) is 18.5. The summed E-state index contributed by atoms with van der Waals surface area (Å²) < 4.78 is 0. The molecule has 6 heteroatoms. The van der Waals surface area contributed by atoms with Gasteiger partial charge in [0.1, 0.15) is 0 Å². The first-order valence-corrected chi connectivity index (χ1v) is 10.2. The summed E-state index contributed by atoms with van der Waals surface area (Å²) in [5.41, 5.74) is 0. The SMILES string of the molecule is CCCC1CC1NC(=NC)N1CCN(CC(=O)N2CCCCC2)CC1. The van der Waals surface area contributed by atoms with Gasteiger partial charge in [0.2, 0.25) is 5.91 Å². The number of nitrogens with zero attached hydrogens (tertiary/aromatic N) is 4. The van der Waals surface area contributed by atoms with Crippen LogP contribution in [0.15, 0.2) is 4.99 Å². The lowest BCUT2D eigenvalue weighted by molar-refractivity contribution is -0.133. The number of guanidine groups is 1. The molecule has 3 rings (SSSR count). The molecule has 3 fully saturated rings. The molecule has 2 heterocycles. The number of likely N-dealkylation sites (tertiary alicyclic amines) is 1. The molecule has 2 aliphatic heterocycles. The van der Waals surface area contributed by atoms with Crippen LogP contribution in [0.25, 0.3) is 0 Å². The van der Waals surface area contributed by atoms with Crippen molar-refractivity contribution in [3.8, 4) is 0 Å². The van der Waals surface area contributed by atoms with Gasteiger partial charge in [-0.1, -0.05) is 13.3 Å². The lowest BCUT2D eigenvalue weighted by Gasteiger charge is -2.37. The van der Waals surface area contributed by atoms with Crippen LogP contribution in [0.4, 0.5) is 0 Å². The number of amides is 1. The van der Waals surface area contributed by atoms with E-state index in [0.717, 1.165) is 51.1 Å². The molecule has 1 saturated carbocycles. The molecule has 0 aromatic heterocycles. The second-order valence-electron chi connectivity index (χ2n) is 7.79. The second-order valence-corrected chi connectivity index (χ2v) is 7.79. The topological polar surface area (TPSA) is 51.2 Å². The second kappa shape index (κ2) is 8.88. The quantitative estimate of drug-likeness (QED) is 0.602. The van der Waals surface area contributed by atoms with E-state index >= 15 is 0 Å². The van der Waals surface area contributed by atoms with Crippen LogP contribution in [-0.4, -0.2) is 85.5 Å². The van der Waals surface area contributed by atoms with Gasteiger partial charge in [-0.25, -0.2) is 0 Å². The lowest BCUT2D eigenvalue weighted by atomic mass is 10.1. The fourth-order valence-corrected chi connectivity index (χ4v) is 4.13. The predicted octanol–water partition coefficient (Wildman–Crippen LogP) is 1.38. The number of piperazine rings is 1. The summed E-state index contributed by atoms with van der Waals surface area (Å²) in [6.07, 6.45) is 7.49. The highest BCUT2D eigenvalue weighted by molar-refractivity contribution is 5.81. The summed E-state index contributed by atoms with van der Waals surface area (Å²) in [5, 5.41) is 3.63. The summed E-state index contributed by atoms with van der Waals surface area (Å²) in [4.78, 5) is 23.6. The highest BCUT2D eigenvalue weighted by Crippen LogP contribution is 2.34. The van der Waals surface area contributed by atoms with Gasteiger partial charge >= 0.3 is 0 Å². The molecule has 1 N–H and O–H groups in total. The summed E-state index contributed by atoms with van der Waals surface area (Å²) in [5.74, 6) is 2.20. The zero-order chi connectivity index (χ0) is 17.6. The molecular formula is C19H35N5O. The standard InChI is InChI=1S/C19H35N5O/c1-3-7-16-14-17(16)21-19(20-2)24-12-10-22(11-13-24)15-18(25)23-8-5-4-6-9-23/h16-17H,3-15H2,1-2H3,(H,20,21). The minimum absolute atomic E-state index is 0.316. The molecule has 25 heavy (non-hydrogen) atoms. The van der Waals surface area contributed by atoms with Gasteiger partial charge < -0.3 is 15.1 Å². The summed E-state index contributed by atoms with van der Waals surface area (Å²) in [6.45, 7) is 8.56. The van der Waals surface area contributed by atoms with Crippen LogP contribution in [0.3, 0.4) is 0 Å². The van der Waals surface area contributed by atoms with Crippen LogP contribution in [-0.2, 0) is 4.79 Å². The first-order chi connectivity index (χ1) is 12.2. The molecule has 1 amide bonds. The van der Waals surface area contributed by atoms with Crippen molar-refractivity contribution in [1.82, 2.24) is 20.0 Å². The van der Waals surface area contributed by atoms with Gasteiger partial charge in [-0.3, -0.25) is 14.7 Å². The van der Waals surface area contributed by atoms with E-state index in [9.17, 15) is 4.79 Å². The largest absolute Gasteiger partial charge is 0.353 e. The average molecular weight is 350 g/mol. The third kappa shape index (κ3) is 5.09. The zero-order valence-electron chi connectivity index (χ0n) is 16.0. The number of nitrogens with one attached hydrogen (secondary N) is 1. The molecule has 0 aromatic carbocycles. The van der Waals surface area contributed by atoms with Gasteiger partial charge in [-0.05, 0) is 38.0 Å². The van der Waals surface area contributed by atoms with Gasteiger partial charge in [0, 0.05) is 52.4 Å². The fourth-order valence-electron chi connectivity index (χ4n) is 4.13. The molecule has 0 spiro atoms. The van der Waals surface area contributed by atoms with E-state index in [1.807, 2.05) is 7.05 Å². The third-order valence-corrected chi connectivity index (χ3v) is 5.85. The predicted molar refractivity (Wildman–Crippen MR) is 102 cm³/mol. The van der Waals surface area contributed by atoms with Gasteiger partial charge in [0.25, 0.3) is 0 Å². The Hall–Kier alpha value is -1.30. The van der Waals surface area contributed by atoms with Gasteiger partial charge in [0.05, 0.1) is 6.54 Å². The number of hydrogen-bond donors (Lipinski definition) is 1. The van der Waals surface area contributed by atoms with Crippen LogP contribution in [0, 0.1) is 5.92 Å². The molecule has 2 unspecified atom stereocenters. The monoisotopic (exact) mass is 349 g/mol. The molecule has 0 aromatic rings. The Morgan fingerprint density at radius 3 is 2.40 bits per heavy atom. The Labute approximate surface area is 152 Å². The molecule has 2 saturated heterocycles. The highest BCUT2D eigenvalue weighted by Gasteiger charge is 2.37. The summed E-state index contributed by atoms with van der Waals surface area (Å²) >= 11 is 0. The third-order valence-electron chi connectivity index (χ3n) is 5.85. The van der Waals surface area contributed by atoms with E-state index in [4.69, 9.17) is 0 Å². The molecule has 0 bridgehead atoms. The molecule has 0 radical (unpaired) electrons. The normalized spacial score (nSPS) is 28.2. The van der Waals surface area contributed by atoms with Crippen molar-refractivity contribution >= 4 is 11.9 Å². The molecule has 6 nitrogen and oxygen atoms in total. The van der Waals surface area contributed by atoms with Crippen molar-refractivity contribution in [3.63, 3.8) is 0 Å². The van der Waals surface area contributed by atoms with E-state index < -0.39 is 0 Å². The molecule has 142 valence electrons. The smallest absolute Gasteiger partial charge is 0.236 e. The Kier molecular flexibility index (Phi) is 6.57. The van der Waals surface area contributed by atoms with Gasteiger partial charge in [0.15, 0.2) is 5.96 Å². The number of hydrogen-bond acceptors (Lipinski definition) is 3. The molecule has 2 atom stereocenters. The van der Waals surface area contributed by atoms with Crippen molar-refractivity contribution in [2.24, 2.45) is 10.9 Å².